The molecular weight excluding hydrogens is 749 g/mol. The monoisotopic (exact) mass is 790 g/mol. The van der Waals surface area contributed by atoms with E-state index >= 15 is 0 Å². The average molecular weight is 791 g/mol. The van der Waals surface area contributed by atoms with Crippen molar-refractivity contribution in [2.24, 2.45) is 0 Å². The van der Waals surface area contributed by atoms with Crippen molar-refractivity contribution < 1.29 is 0 Å². The maximum absolute atomic E-state index is 2.52. The summed E-state index contributed by atoms with van der Waals surface area (Å²) in [7, 11) is 0. The van der Waals surface area contributed by atoms with Crippen LogP contribution in [0.15, 0.2) is 255 Å². The SMILES string of the molecule is c1ccc(-c2ccccc2-c2cccc(-n3c4ccccc4c4c(N(c5ccccc5-c5ccccc5)c5cccc(-c6ccccc6)c5-c5ccccc5)cccc43)c2)cc1. The minimum Gasteiger partial charge on any atom is -0.309 e. The molecular formula is C60H42N2. The Balaban J connectivity index is 1.20. The molecule has 0 aliphatic rings. The quantitative estimate of drug-likeness (QED) is 0.141. The van der Waals surface area contributed by atoms with Crippen molar-refractivity contribution in [3.05, 3.63) is 255 Å². The molecule has 0 spiro atoms. The van der Waals surface area contributed by atoms with Gasteiger partial charge >= 0.3 is 0 Å². The van der Waals surface area contributed by atoms with Crippen LogP contribution in [0.5, 0.6) is 0 Å². The molecule has 1 aromatic heterocycles. The summed E-state index contributed by atoms with van der Waals surface area (Å²) in [6.45, 7) is 0. The second-order valence-corrected chi connectivity index (χ2v) is 15.6. The van der Waals surface area contributed by atoms with Gasteiger partial charge in [0.1, 0.15) is 0 Å². The molecule has 11 aromatic rings. The van der Waals surface area contributed by atoms with Gasteiger partial charge in [0.2, 0.25) is 0 Å². The molecule has 0 unspecified atom stereocenters. The molecule has 0 bridgehead atoms. The van der Waals surface area contributed by atoms with Gasteiger partial charge in [-0.1, -0.05) is 212 Å². The Hall–Kier alpha value is -8.20. The lowest BCUT2D eigenvalue weighted by molar-refractivity contribution is 1.18. The van der Waals surface area contributed by atoms with Gasteiger partial charge in [-0.3, -0.25) is 0 Å². The number of fused-ring (bicyclic) bond motifs is 3. The zero-order valence-corrected chi connectivity index (χ0v) is 34.1. The summed E-state index contributed by atoms with van der Waals surface area (Å²) in [4.78, 5) is 2.52. The molecule has 0 aliphatic carbocycles. The van der Waals surface area contributed by atoms with E-state index in [1.54, 1.807) is 0 Å². The van der Waals surface area contributed by atoms with E-state index < -0.39 is 0 Å². The number of rotatable bonds is 9. The molecule has 0 saturated carbocycles. The van der Waals surface area contributed by atoms with Crippen LogP contribution in [0.25, 0.3) is 83.1 Å². The maximum atomic E-state index is 2.52. The Morgan fingerprint density at radius 1 is 0.274 bits per heavy atom. The van der Waals surface area contributed by atoms with Crippen LogP contribution in [-0.4, -0.2) is 4.57 Å². The Kier molecular flexibility index (Phi) is 9.57. The number of para-hydroxylation sites is 2. The molecule has 292 valence electrons. The van der Waals surface area contributed by atoms with Crippen LogP contribution in [-0.2, 0) is 0 Å². The highest BCUT2D eigenvalue weighted by atomic mass is 15.2. The van der Waals surface area contributed by atoms with Crippen LogP contribution in [0, 0.1) is 0 Å². The lowest BCUT2D eigenvalue weighted by Crippen LogP contribution is -2.13. The third-order valence-electron chi connectivity index (χ3n) is 12.0. The number of aromatic nitrogens is 1. The zero-order valence-electron chi connectivity index (χ0n) is 34.1. The first kappa shape index (κ1) is 36.8. The van der Waals surface area contributed by atoms with Crippen LogP contribution in [0.2, 0.25) is 0 Å². The summed E-state index contributed by atoms with van der Waals surface area (Å²) in [5.74, 6) is 0. The fourth-order valence-corrected chi connectivity index (χ4v) is 9.29. The first-order valence-corrected chi connectivity index (χ1v) is 21.3. The lowest BCUT2D eigenvalue weighted by Gasteiger charge is -2.31. The summed E-state index contributed by atoms with van der Waals surface area (Å²) >= 11 is 0. The van der Waals surface area contributed by atoms with Gasteiger partial charge in [-0.05, 0) is 87.0 Å². The topological polar surface area (TPSA) is 8.17 Å². The Bertz CT molecular complexity index is 3330. The maximum Gasteiger partial charge on any atom is 0.0562 e. The van der Waals surface area contributed by atoms with Crippen LogP contribution >= 0.6 is 0 Å². The number of nitrogens with zero attached hydrogens (tertiary/aromatic N) is 2. The summed E-state index contributed by atoms with van der Waals surface area (Å²) in [6, 6.07) is 92.1. The van der Waals surface area contributed by atoms with E-state index in [4.69, 9.17) is 0 Å². The van der Waals surface area contributed by atoms with Gasteiger partial charge in [0.15, 0.2) is 0 Å². The number of benzene rings is 10. The molecule has 0 atom stereocenters. The van der Waals surface area contributed by atoms with Crippen molar-refractivity contribution in [2.45, 2.75) is 0 Å². The fraction of sp³-hybridized carbons (Fsp3) is 0. The van der Waals surface area contributed by atoms with Gasteiger partial charge in [-0.2, -0.15) is 0 Å². The second-order valence-electron chi connectivity index (χ2n) is 15.6. The zero-order chi connectivity index (χ0) is 41.2. The van der Waals surface area contributed by atoms with E-state index in [1.807, 2.05) is 0 Å². The van der Waals surface area contributed by atoms with Gasteiger partial charge in [0.25, 0.3) is 0 Å². The van der Waals surface area contributed by atoms with Crippen LogP contribution < -0.4 is 4.90 Å². The van der Waals surface area contributed by atoms with E-state index in [2.05, 4.69) is 264 Å². The molecule has 2 heteroatoms. The van der Waals surface area contributed by atoms with E-state index in [0.29, 0.717) is 0 Å². The molecule has 0 N–H and O–H groups in total. The van der Waals surface area contributed by atoms with Crippen LogP contribution in [0.3, 0.4) is 0 Å². The van der Waals surface area contributed by atoms with Crippen LogP contribution in [0.4, 0.5) is 17.1 Å². The van der Waals surface area contributed by atoms with Gasteiger partial charge in [-0.15, -0.1) is 0 Å². The van der Waals surface area contributed by atoms with Gasteiger partial charge < -0.3 is 9.47 Å². The largest absolute Gasteiger partial charge is 0.309 e. The Morgan fingerprint density at radius 3 is 1.40 bits per heavy atom. The normalized spacial score (nSPS) is 11.2. The fourth-order valence-electron chi connectivity index (χ4n) is 9.29. The number of hydrogen-bond acceptors (Lipinski definition) is 1. The summed E-state index contributed by atoms with van der Waals surface area (Å²) in [6.07, 6.45) is 0. The van der Waals surface area contributed by atoms with Crippen molar-refractivity contribution in [2.75, 3.05) is 4.90 Å². The molecule has 0 amide bonds. The second kappa shape index (κ2) is 16.1. The highest BCUT2D eigenvalue weighted by Crippen LogP contribution is 2.51. The van der Waals surface area contributed by atoms with Crippen LogP contribution in [0.1, 0.15) is 0 Å². The Labute approximate surface area is 362 Å². The first-order chi connectivity index (χ1) is 30.8. The molecule has 0 fully saturated rings. The molecule has 0 aliphatic heterocycles. The van der Waals surface area contributed by atoms with Crippen molar-refractivity contribution in [3.8, 4) is 61.3 Å². The summed E-state index contributed by atoms with van der Waals surface area (Å²) < 4.78 is 2.45. The van der Waals surface area contributed by atoms with Crippen molar-refractivity contribution in [1.82, 2.24) is 4.57 Å². The van der Waals surface area contributed by atoms with E-state index in [1.165, 1.54) is 49.7 Å². The average Bonchev–Trinajstić information content (AvgIpc) is 3.70. The minimum absolute atomic E-state index is 1.10. The van der Waals surface area contributed by atoms with Crippen molar-refractivity contribution in [3.63, 3.8) is 0 Å². The molecule has 0 radical (unpaired) electrons. The summed E-state index contributed by atoms with van der Waals surface area (Å²) in [5.41, 5.74) is 18.5. The predicted molar refractivity (Wildman–Crippen MR) is 263 cm³/mol. The standard InChI is InChI=1S/C60H42N2/c1-5-22-43(23-6-1)49-32-13-14-33-50(49)47-30-19-31-48(42-47)61-55-38-18-16-35-53(55)60-57(61)40-21-41-58(60)62(54-37-17-15-34-51(54)44-24-7-2-8-25-44)56-39-20-36-52(45-26-9-3-10-27-45)59(56)46-28-11-4-12-29-46/h1-42H. The molecule has 10 aromatic carbocycles. The molecule has 0 saturated heterocycles. The molecule has 62 heavy (non-hydrogen) atoms. The molecule has 11 rings (SSSR count). The number of anilines is 3. The smallest absolute Gasteiger partial charge is 0.0562 e. The third kappa shape index (κ3) is 6.56. The number of hydrogen-bond donors (Lipinski definition) is 0. The highest BCUT2D eigenvalue weighted by Gasteiger charge is 2.26. The Morgan fingerprint density at radius 2 is 0.710 bits per heavy atom. The van der Waals surface area contributed by atoms with E-state index in [0.717, 1.165) is 50.5 Å². The van der Waals surface area contributed by atoms with E-state index in [-0.39, 0.29) is 0 Å². The van der Waals surface area contributed by atoms with Gasteiger partial charge in [0, 0.05) is 27.6 Å². The predicted octanol–water partition coefficient (Wildman–Crippen LogP) is 16.6. The van der Waals surface area contributed by atoms with Crippen molar-refractivity contribution in [1.29, 1.82) is 0 Å². The molecule has 2 nitrogen and oxygen atoms in total. The molecule has 1 heterocycles. The highest BCUT2D eigenvalue weighted by molar-refractivity contribution is 6.17. The van der Waals surface area contributed by atoms with Crippen molar-refractivity contribution >= 4 is 38.9 Å². The first-order valence-electron chi connectivity index (χ1n) is 21.3. The van der Waals surface area contributed by atoms with Gasteiger partial charge in [-0.25, -0.2) is 0 Å². The minimum atomic E-state index is 1.10. The summed E-state index contributed by atoms with van der Waals surface area (Å²) in [5, 5.41) is 2.38. The van der Waals surface area contributed by atoms with Gasteiger partial charge in [0.05, 0.1) is 28.1 Å². The third-order valence-corrected chi connectivity index (χ3v) is 12.0. The lowest BCUT2D eigenvalue weighted by atomic mass is 9.91. The van der Waals surface area contributed by atoms with E-state index in [9.17, 15) is 0 Å².